The van der Waals surface area contributed by atoms with Crippen LogP contribution in [0.3, 0.4) is 0 Å². The van der Waals surface area contributed by atoms with Crippen molar-refractivity contribution in [3.05, 3.63) is 76.6 Å². The number of nitrogens with two attached hydrogens (primary N) is 1. The lowest BCUT2D eigenvalue weighted by Gasteiger charge is -2.07. The molecule has 0 atom stereocenters. The number of ketones is 1. The van der Waals surface area contributed by atoms with Crippen LogP contribution in [0.5, 0.6) is 0 Å². The summed E-state index contributed by atoms with van der Waals surface area (Å²) in [5.41, 5.74) is 6.72. The van der Waals surface area contributed by atoms with Gasteiger partial charge in [-0.3, -0.25) is 14.6 Å². The van der Waals surface area contributed by atoms with E-state index >= 15 is 0 Å². The molecule has 0 bridgehead atoms. The van der Waals surface area contributed by atoms with Crippen molar-refractivity contribution < 1.29 is 4.79 Å². The van der Waals surface area contributed by atoms with E-state index in [1.807, 2.05) is 48.5 Å². The van der Waals surface area contributed by atoms with E-state index in [0.29, 0.717) is 18.5 Å². The predicted octanol–water partition coefficient (Wildman–Crippen LogP) is 3.38. The van der Waals surface area contributed by atoms with Crippen LogP contribution in [0.25, 0.3) is 0 Å². The van der Waals surface area contributed by atoms with E-state index in [0.717, 1.165) is 5.56 Å². The monoisotopic (exact) mass is 376 g/mol. The molecule has 3 aromatic rings. The van der Waals surface area contributed by atoms with Crippen LogP contribution in [0, 0.1) is 0 Å². The smallest absolute Gasteiger partial charge is 0.282 e. The summed E-state index contributed by atoms with van der Waals surface area (Å²) in [6, 6.07) is 18.7. The molecule has 0 saturated heterocycles. The molecule has 0 radical (unpaired) electrons. The molecule has 0 saturated carbocycles. The number of carbonyl (C=O) groups is 1. The molecule has 28 heavy (non-hydrogen) atoms. The summed E-state index contributed by atoms with van der Waals surface area (Å²) >= 11 is 0. The first kappa shape index (κ1) is 19.0. The maximum atomic E-state index is 12.2. The second kappa shape index (κ2) is 9.22. The molecule has 0 amide bonds. The number of nitrogen functional groups attached to an aromatic ring is 1. The third-order valence-corrected chi connectivity index (χ3v) is 3.92. The van der Waals surface area contributed by atoms with Crippen molar-refractivity contribution in [1.82, 2.24) is 9.97 Å². The van der Waals surface area contributed by atoms with Crippen LogP contribution in [0.4, 0.5) is 23.1 Å². The van der Waals surface area contributed by atoms with Crippen LogP contribution in [0.1, 0.15) is 12.0 Å². The number of anilines is 2. The number of benzene rings is 2. The second-order valence-electron chi connectivity index (χ2n) is 6.06. The highest BCUT2D eigenvalue weighted by atomic mass is 16.1. The Balaban J connectivity index is 1.68. The van der Waals surface area contributed by atoms with Gasteiger partial charge in [-0.05, 0) is 24.1 Å². The van der Waals surface area contributed by atoms with Gasteiger partial charge in [-0.1, -0.05) is 48.5 Å². The molecular weight excluding hydrogens is 356 g/mol. The molecule has 0 aliphatic carbocycles. The quantitative estimate of drug-likeness (QED) is 0.520. The molecule has 8 heteroatoms. The van der Waals surface area contributed by atoms with Crippen LogP contribution in [-0.2, 0) is 11.2 Å². The van der Waals surface area contributed by atoms with E-state index in [-0.39, 0.29) is 29.8 Å². The highest BCUT2D eigenvalue weighted by Gasteiger charge is 2.12. The van der Waals surface area contributed by atoms with Crippen molar-refractivity contribution in [1.29, 1.82) is 0 Å². The summed E-state index contributed by atoms with van der Waals surface area (Å²) in [5.74, 6) is 0.0346. The van der Waals surface area contributed by atoms with Gasteiger partial charge < -0.3 is 11.1 Å². The van der Waals surface area contributed by atoms with E-state index in [4.69, 9.17) is 5.73 Å². The summed E-state index contributed by atoms with van der Waals surface area (Å²) in [6.45, 7) is 0.0105. The number of aromatic amines is 1. The number of Topliss-reactive ketones (excluding diaryl/α,β-unsaturated/α-hetero) is 1. The van der Waals surface area contributed by atoms with Crippen molar-refractivity contribution >= 4 is 28.9 Å². The SMILES string of the molecule is Nc1nc(NCC(=O)CCc2ccccc2)c(N=Nc2ccccc2)c(=O)[nH]1. The number of hydrogen-bond donors (Lipinski definition) is 3. The molecule has 2 aromatic carbocycles. The van der Waals surface area contributed by atoms with Crippen molar-refractivity contribution in [3.63, 3.8) is 0 Å². The third-order valence-electron chi connectivity index (χ3n) is 3.92. The van der Waals surface area contributed by atoms with E-state index in [1.54, 1.807) is 12.1 Å². The van der Waals surface area contributed by atoms with Gasteiger partial charge in [0.05, 0.1) is 12.2 Å². The van der Waals surface area contributed by atoms with Gasteiger partial charge >= 0.3 is 0 Å². The first-order valence-electron chi connectivity index (χ1n) is 8.78. The highest BCUT2D eigenvalue weighted by Crippen LogP contribution is 2.21. The largest absolute Gasteiger partial charge is 0.369 e. The Morgan fingerprint density at radius 1 is 1.04 bits per heavy atom. The van der Waals surface area contributed by atoms with Gasteiger partial charge in [0.2, 0.25) is 5.95 Å². The average molecular weight is 376 g/mol. The third kappa shape index (κ3) is 5.34. The minimum Gasteiger partial charge on any atom is -0.369 e. The number of carbonyl (C=O) groups excluding carboxylic acids is 1. The number of nitrogens with one attached hydrogen (secondary N) is 2. The Hall–Kier alpha value is -3.81. The average Bonchev–Trinajstić information content (AvgIpc) is 2.71. The van der Waals surface area contributed by atoms with Crippen LogP contribution in [0.15, 0.2) is 75.7 Å². The zero-order valence-electron chi connectivity index (χ0n) is 15.1. The molecule has 8 nitrogen and oxygen atoms in total. The van der Waals surface area contributed by atoms with Gasteiger partial charge in [0, 0.05) is 6.42 Å². The van der Waals surface area contributed by atoms with Crippen molar-refractivity contribution in [2.45, 2.75) is 12.8 Å². The predicted molar refractivity (Wildman–Crippen MR) is 108 cm³/mol. The lowest BCUT2D eigenvalue weighted by atomic mass is 10.1. The molecule has 0 spiro atoms. The van der Waals surface area contributed by atoms with Crippen LogP contribution in [-0.4, -0.2) is 22.3 Å². The van der Waals surface area contributed by atoms with Gasteiger partial charge in [0.25, 0.3) is 5.56 Å². The van der Waals surface area contributed by atoms with Crippen molar-refractivity contribution in [3.8, 4) is 0 Å². The van der Waals surface area contributed by atoms with E-state index in [2.05, 4.69) is 25.5 Å². The summed E-state index contributed by atoms with van der Waals surface area (Å²) in [5, 5.41) is 10.9. The maximum Gasteiger partial charge on any atom is 0.282 e. The fraction of sp³-hybridized carbons (Fsp3) is 0.150. The van der Waals surface area contributed by atoms with Crippen molar-refractivity contribution in [2.24, 2.45) is 10.2 Å². The van der Waals surface area contributed by atoms with Gasteiger partial charge in [0.15, 0.2) is 17.3 Å². The standard InChI is InChI=1S/C20H20N6O2/c21-20-23-18(22-13-16(27)12-11-14-7-3-1-4-8-14)17(19(28)24-20)26-25-15-9-5-2-6-10-15/h1-10H,11-13H2,(H4,21,22,23,24,28). The first-order valence-corrected chi connectivity index (χ1v) is 8.78. The molecule has 1 aromatic heterocycles. The zero-order chi connectivity index (χ0) is 19.8. The fourth-order valence-corrected chi connectivity index (χ4v) is 2.50. The topological polar surface area (TPSA) is 126 Å². The van der Waals surface area contributed by atoms with Gasteiger partial charge in [0.1, 0.15) is 0 Å². The molecule has 142 valence electrons. The zero-order valence-corrected chi connectivity index (χ0v) is 15.1. The summed E-state index contributed by atoms with van der Waals surface area (Å²) < 4.78 is 0. The van der Waals surface area contributed by atoms with E-state index in [9.17, 15) is 9.59 Å². The Morgan fingerprint density at radius 2 is 1.71 bits per heavy atom. The number of hydrogen-bond acceptors (Lipinski definition) is 7. The molecule has 3 rings (SSSR count). The van der Waals surface area contributed by atoms with Crippen LogP contribution >= 0.6 is 0 Å². The number of aryl methyl sites for hydroxylation is 1. The number of azo groups is 1. The number of aromatic nitrogens is 2. The van der Waals surface area contributed by atoms with Gasteiger partial charge in [-0.15, -0.1) is 5.11 Å². The Bertz CT molecular complexity index is 1020. The van der Waals surface area contributed by atoms with E-state index in [1.165, 1.54) is 0 Å². The molecule has 1 heterocycles. The lowest BCUT2D eigenvalue weighted by molar-refractivity contribution is -0.117. The van der Waals surface area contributed by atoms with Gasteiger partial charge in [-0.25, -0.2) is 0 Å². The maximum absolute atomic E-state index is 12.2. The Morgan fingerprint density at radius 3 is 2.43 bits per heavy atom. The Labute approximate surface area is 161 Å². The summed E-state index contributed by atoms with van der Waals surface area (Å²) in [4.78, 5) is 30.8. The van der Waals surface area contributed by atoms with Crippen molar-refractivity contribution in [2.75, 3.05) is 17.6 Å². The number of rotatable bonds is 8. The summed E-state index contributed by atoms with van der Waals surface area (Å²) in [6.07, 6.45) is 1.02. The normalized spacial score (nSPS) is 10.9. The fourth-order valence-electron chi connectivity index (χ4n) is 2.50. The second-order valence-corrected chi connectivity index (χ2v) is 6.06. The first-order chi connectivity index (χ1) is 13.6. The molecular formula is C20H20N6O2. The Kier molecular flexibility index (Phi) is 6.25. The minimum absolute atomic E-state index is 0.0105. The van der Waals surface area contributed by atoms with E-state index < -0.39 is 5.56 Å². The number of nitrogens with zero attached hydrogens (tertiary/aromatic N) is 3. The molecule has 4 N–H and O–H groups in total. The van der Waals surface area contributed by atoms with Crippen LogP contribution < -0.4 is 16.6 Å². The lowest BCUT2D eigenvalue weighted by Crippen LogP contribution is -2.19. The highest BCUT2D eigenvalue weighted by molar-refractivity contribution is 5.83. The summed E-state index contributed by atoms with van der Waals surface area (Å²) in [7, 11) is 0. The molecule has 0 aliphatic rings. The van der Waals surface area contributed by atoms with Gasteiger partial charge in [-0.2, -0.15) is 10.1 Å². The van der Waals surface area contributed by atoms with Crippen LogP contribution in [0.2, 0.25) is 0 Å². The molecule has 0 fully saturated rings. The minimum atomic E-state index is -0.536. The molecule has 0 unspecified atom stereocenters. The number of H-pyrrole nitrogens is 1. The molecule has 0 aliphatic heterocycles.